The van der Waals surface area contributed by atoms with Crippen LogP contribution in [0.1, 0.15) is 36.4 Å². The lowest BCUT2D eigenvalue weighted by Crippen LogP contribution is -2.30. The largest absolute Gasteiger partial charge is 0.458 e. The van der Waals surface area contributed by atoms with Crippen molar-refractivity contribution in [2.24, 2.45) is 7.05 Å². The Balaban J connectivity index is 1.95. The summed E-state index contributed by atoms with van der Waals surface area (Å²) in [5.74, 6) is -0.999. The number of unbranched alkanes of at least 4 members (excludes halogenated alkanes) is 1. The number of aliphatic hydroxyl groups excluding tert-OH is 1. The van der Waals surface area contributed by atoms with Gasteiger partial charge >= 0.3 is 5.97 Å². The molecule has 1 aliphatic rings. The zero-order chi connectivity index (χ0) is 23.1. The predicted octanol–water partition coefficient (Wildman–Crippen LogP) is 2.72. The molecule has 0 bridgehead atoms. The SMILES string of the molecule is C=CCOC(=O)C1=C[C@@H](c2c(C)n(C)n(-c3ccccc3)c2=O)C[C@@H](OCCCCO)O1. The smallest absolute Gasteiger partial charge is 0.373 e. The highest BCUT2D eigenvalue weighted by Crippen LogP contribution is 2.32. The molecule has 0 amide bonds. The zero-order valence-electron chi connectivity index (χ0n) is 18.5. The number of aromatic nitrogens is 2. The summed E-state index contributed by atoms with van der Waals surface area (Å²) < 4.78 is 20.1. The first kappa shape index (κ1) is 23.6. The summed E-state index contributed by atoms with van der Waals surface area (Å²) in [6, 6.07) is 9.39. The Hall–Kier alpha value is -3.10. The second-order valence-corrected chi connectivity index (χ2v) is 7.58. The first-order valence-electron chi connectivity index (χ1n) is 10.7. The summed E-state index contributed by atoms with van der Waals surface area (Å²) in [5.41, 5.74) is 1.97. The van der Waals surface area contributed by atoms with Crippen LogP contribution < -0.4 is 5.56 Å². The number of esters is 1. The van der Waals surface area contributed by atoms with E-state index in [-0.39, 0.29) is 30.5 Å². The lowest BCUT2D eigenvalue weighted by molar-refractivity contribution is -0.160. The summed E-state index contributed by atoms with van der Waals surface area (Å²) in [4.78, 5) is 25.9. The minimum atomic E-state index is -0.709. The third-order valence-electron chi connectivity index (χ3n) is 5.42. The van der Waals surface area contributed by atoms with E-state index in [9.17, 15) is 9.59 Å². The van der Waals surface area contributed by atoms with Crippen molar-refractivity contribution in [2.75, 3.05) is 19.8 Å². The highest BCUT2D eigenvalue weighted by atomic mass is 16.7. The Labute approximate surface area is 187 Å². The Morgan fingerprint density at radius 3 is 2.75 bits per heavy atom. The van der Waals surface area contributed by atoms with Crippen molar-refractivity contribution in [1.29, 1.82) is 0 Å². The number of aliphatic hydroxyl groups is 1. The molecule has 2 atom stereocenters. The second kappa shape index (κ2) is 11.0. The third kappa shape index (κ3) is 5.20. The molecule has 8 nitrogen and oxygen atoms in total. The van der Waals surface area contributed by atoms with Crippen LogP contribution in [-0.2, 0) is 26.1 Å². The van der Waals surface area contributed by atoms with Gasteiger partial charge in [-0.2, -0.15) is 0 Å². The summed E-state index contributed by atoms with van der Waals surface area (Å²) in [7, 11) is 1.83. The Kier molecular flexibility index (Phi) is 8.08. The third-order valence-corrected chi connectivity index (χ3v) is 5.42. The standard InChI is InChI=1S/C24H30N2O6/c1-4-13-31-24(29)20-15-18(16-21(32-20)30-14-9-8-12-27)22-17(2)25(3)26(23(22)28)19-10-6-5-7-11-19/h4-7,10-11,15,18,21,27H,1,8-9,12-14,16H2,2-3H3/t18-,21+/m1/s1. The molecule has 0 radical (unpaired) electrons. The maximum atomic E-state index is 13.4. The molecule has 0 fully saturated rings. The van der Waals surface area contributed by atoms with Gasteiger partial charge in [-0.1, -0.05) is 30.9 Å². The summed E-state index contributed by atoms with van der Waals surface area (Å²) >= 11 is 0. The Morgan fingerprint density at radius 2 is 2.06 bits per heavy atom. The lowest BCUT2D eigenvalue weighted by Gasteiger charge is -2.28. The molecule has 1 aromatic carbocycles. The van der Waals surface area contributed by atoms with E-state index in [1.165, 1.54) is 6.08 Å². The Morgan fingerprint density at radius 1 is 1.31 bits per heavy atom. The van der Waals surface area contributed by atoms with E-state index >= 15 is 0 Å². The predicted molar refractivity (Wildman–Crippen MR) is 119 cm³/mol. The molecule has 0 spiro atoms. The van der Waals surface area contributed by atoms with E-state index in [4.69, 9.17) is 19.3 Å². The fourth-order valence-corrected chi connectivity index (χ4v) is 3.76. The van der Waals surface area contributed by atoms with E-state index in [1.807, 2.05) is 49.0 Å². The number of rotatable bonds is 10. The number of carbonyl (C=O) groups excluding carboxylic acids is 1. The molecular formula is C24H30N2O6. The molecule has 1 aliphatic heterocycles. The summed E-state index contributed by atoms with van der Waals surface area (Å²) in [6.45, 7) is 5.93. The molecule has 1 aromatic heterocycles. The number of hydrogen-bond donors (Lipinski definition) is 1. The fraction of sp³-hybridized carbons (Fsp3) is 0.417. The number of nitrogens with zero attached hydrogens (tertiary/aromatic N) is 2. The van der Waals surface area contributed by atoms with E-state index in [0.29, 0.717) is 31.4 Å². The van der Waals surface area contributed by atoms with E-state index in [1.54, 1.807) is 10.8 Å². The summed E-state index contributed by atoms with van der Waals surface area (Å²) in [5, 5.41) is 8.97. The molecule has 1 N–H and O–H groups in total. The average Bonchev–Trinajstić information content (AvgIpc) is 3.03. The van der Waals surface area contributed by atoms with Crippen LogP contribution >= 0.6 is 0 Å². The van der Waals surface area contributed by atoms with Gasteiger partial charge in [0.25, 0.3) is 5.56 Å². The van der Waals surface area contributed by atoms with Crippen molar-refractivity contribution in [2.45, 2.75) is 38.4 Å². The van der Waals surface area contributed by atoms with Gasteiger partial charge < -0.3 is 19.3 Å². The number of benzene rings is 1. The molecule has 0 aliphatic carbocycles. The normalized spacial score (nSPS) is 18.0. The monoisotopic (exact) mass is 442 g/mol. The van der Waals surface area contributed by atoms with Crippen molar-refractivity contribution < 1.29 is 24.1 Å². The molecule has 0 unspecified atom stereocenters. The van der Waals surface area contributed by atoms with E-state index < -0.39 is 12.3 Å². The van der Waals surface area contributed by atoms with Crippen LogP contribution in [0.25, 0.3) is 5.69 Å². The van der Waals surface area contributed by atoms with Gasteiger partial charge in [0.1, 0.15) is 6.61 Å². The van der Waals surface area contributed by atoms with Crippen molar-refractivity contribution in [1.82, 2.24) is 9.36 Å². The quantitative estimate of drug-likeness (QED) is 0.346. The zero-order valence-corrected chi connectivity index (χ0v) is 18.5. The molecule has 0 saturated carbocycles. The highest BCUT2D eigenvalue weighted by molar-refractivity contribution is 5.86. The van der Waals surface area contributed by atoms with Crippen LogP contribution in [0.5, 0.6) is 0 Å². The van der Waals surface area contributed by atoms with Crippen LogP contribution in [0.15, 0.2) is 59.6 Å². The minimum absolute atomic E-state index is 0.0178. The van der Waals surface area contributed by atoms with Crippen LogP contribution in [0, 0.1) is 6.92 Å². The molecular weight excluding hydrogens is 412 g/mol. The van der Waals surface area contributed by atoms with Crippen LogP contribution in [0.3, 0.4) is 0 Å². The van der Waals surface area contributed by atoms with Crippen molar-refractivity contribution >= 4 is 5.97 Å². The molecule has 2 aromatic rings. The molecule has 8 heteroatoms. The molecule has 172 valence electrons. The minimum Gasteiger partial charge on any atom is -0.458 e. The first-order valence-corrected chi connectivity index (χ1v) is 10.7. The summed E-state index contributed by atoms with van der Waals surface area (Å²) in [6.07, 6.45) is 4.05. The number of para-hydroxylation sites is 1. The van der Waals surface area contributed by atoms with Gasteiger partial charge in [0.15, 0.2) is 0 Å². The molecule has 2 heterocycles. The van der Waals surface area contributed by atoms with Gasteiger partial charge in [-0.15, -0.1) is 0 Å². The van der Waals surface area contributed by atoms with Crippen molar-refractivity contribution in [3.63, 3.8) is 0 Å². The fourth-order valence-electron chi connectivity index (χ4n) is 3.76. The maximum absolute atomic E-state index is 13.4. The molecule has 0 saturated heterocycles. The number of carbonyl (C=O) groups is 1. The lowest BCUT2D eigenvalue weighted by atomic mass is 9.93. The molecule has 32 heavy (non-hydrogen) atoms. The maximum Gasteiger partial charge on any atom is 0.373 e. The van der Waals surface area contributed by atoms with Crippen LogP contribution in [0.4, 0.5) is 0 Å². The molecule has 3 rings (SSSR count). The van der Waals surface area contributed by atoms with Crippen molar-refractivity contribution in [3.8, 4) is 5.69 Å². The average molecular weight is 443 g/mol. The topological polar surface area (TPSA) is 91.9 Å². The van der Waals surface area contributed by atoms with Crippen molar-refractivity contribution in [3.05, 3.63) is 76.4 Å². The van der Waals surface area contributed by atoms with Gasteiger partial charge in [-0.05, 0) is 38.0 Å². The van der Waals surface area contributed by atoms with Crippen LogP contribution in [0.2, 0.25) is 0 Å². The number of allylic oxidation sites excluding steroid dienone is 1. The first-order chi connectivity index (χ1) is 15.5. The van der Waals surface area contributed by atoms with Gasteiger partial charge in [0.2, 0.25) is 12.0 Å². The Bertz CT molecular complexity index is 1020. The van der Waals surface area contributed by atoms with Gasteiger partial charge in [0, 0.05) is 37.3 Å². The second-order valence-electron chi connectivity index (χ2n) is 7.58. The van der Waals surface area contributed by atoms with Crippen LogP contribution in [-0.4, -0.2) is 46.6 Å². The van der Waals surface area contributed by atoms with E-state index in [0.717, 1.165) is 11.4 Å². The van der Waals surface area contributed by atoms with Gasteiger partial charge in [-0.3, -0.25) is 9.48 Å². The van der Waals surface area contributed by atoms with Gasteiger partial charge in [-0.25, -0.2) is 9.48 Å². The van der Waals surface area contributed by atoms with E-state index in [2.05, 4.69) is 6.58 Å². The highest BCUT2D eigenvalue weighted by Gasteiger charge is 2.33. The van der Waals surface area contributed by atoms with Gasteiger partial charge in [0.05, 0.1) is 12.3 Å². The number of ether oxygens (including phenoxy) is 3. The number of hydrogen-bond acceptors (Lipinski definition) is 6.